The first kappa shape index (κ1) is 14.1. The average molecular weight is 262 g/mol. The minimum atomic E-state index is -0.0755. The number of hydrogen-bond donors (Lipinski definition) is 1. The lowest BCUT2D eigenvalue weighted by molar-refractivity contribution is 0.320. The maximum Gasteiger partial charge on any atom is 0.138 e. The van der Waals surface area contributed by atoms with Crippen LogP contribution in [0.3, 0.4) is 0 Å². The fourth-order valence-electron chi connectivity index (χ4n) is 2.38. The molecule has 0 aliphatic heterocycles. The largest absolute Gasteiger partial charge is 0.383 e. The number of nitrogens with two attached hydrogens (primary N) is 1. The van der Waals surface area contributed by atoms with Gasteiger partial charge in [0.2, 0.25) is 0 Å². The number of aromatic nitrogens is 2. The van der Waals surface area contributed by atoms with Crippen LogP contribution in [0.2, 0.25) is 0 Å². The van der Waals surface area contributed by atoms with E-state index in [0.717, 1.165) is 29.7 Å². The van der Waals surface area contributed by atoms with Crippen molar-refractivity contribution in [1.82, 2.24) is 9.97 Å². The van der Waals surface area contributed by atoms with Gasteiger partial charge in [-0.1, -0.05) is 27.2 Å². The molecular weight excluding hydrogens is 236 g/mol. The molecule has 2 N–H and O–H groups in total. The van der Waals surface area contributed by atoms with Crippen LogP contribution in [-0.4, -0.2) is 23.6 Å². The molecule has 106 valence electrons. The van der Waals surface area contributed by atoms with Gasteiger partial charge in [0.15, 0.2) is 0 Å². The summed E-state index contributed by atoms with van der Waals surface area (Å²) < 4.78 is 0. The Morgan fingerprint density at radius 1 is 1.26 bits per heavy atom. The molecule has 1 heterocycles. The van der Waals surface area contributed by atoms with Crippen LogP contribution in [0, 0.1) is 12.8 Å². The highest BCUT2D eigenvalue weighted by molar-refractivity contribution is 5.56. The number of nitrogen functional groups attached to an aromatic ring is 1. The van der Waals surface area contributed by atoms with Crippen molar-refractivity contribution < 1.29 is 0 Å². The summed E-state index contributed by atoms with van der Waals surface area (Å²) >= 11 is 0. The lowest BCUT2D eigenvalue weighted by atomic mass is 9.85. The molecule has 1 aliphatic rings. The Labute approximate surface area is 116 Å². The van der Waals surface area contributed by atoms with E-state index in [9.17, 15) is 0 Å². The molecule has 4 nitrogen and oxygen atoms in total. The van der Waals surface area contributed by atoms with Crippen LogP contribution in [-0.2, 0) is 5.41 Å². The maximum absolute atomic E-state index is 6.06. The van der Waals surface area contributed by atoms with Gasteiger partial charge in [0.1, 0.15) is 17.5 Å². The van der Waals surface area contributed by atoms with Crippen molar-refractivity contribution in [2.75, 3.05) is 24.2 Å². The molecule has 0 bridgehead atoms. The summed E-state index contributed by atoms with van der Waals surface area (Å²) in [5.41, 5.74) is 6.98. The van der Waals surface area contributed by atoms with Crippen molar-refractivity contribution in [2.45, 2.75) is 52.4 Å². The first-order chi connectivity index (χ1) is 8.79. The number of rotatable bonds is 3. The standard InChI is InChI=1S/C15H26N4/c1-10-12(16)17-14(15(2,3)4)18-13(10)19(5)9-11-7-6-8-11/h11H,6-9H2,1-5H3,(H2,16,17,18). The molecule has 0 atom stereocenters. The molecule has 0 unspecified atom stereocenters. The second-order valence-electron chi connectivity index (χ2n) is 6.81. The Balaban J connectivity index is 2.29. The third-order valence-electron chi connectivity index (χ3n) is 3.95. The van der Waals surface area contributed by atoms with E-state index in [0.29, 0.717) is 5.82 Å². The summed E-state index contributed by atoms with van der Waals surface area (Å²) in [7, 11) is 2.11. The normalized spacial score (nSPS) is 16.3. The van der Waals surface area contributed by atoms with Crippen molar-refractivity contribution in [3.63, 3.8) is 0 Å². The van der Waals surface area contributed by atoms with Crippen molar-refractivity contribution in [3.05, 3.63) is 11.4 Å². The van der Waals surface area contributed by atoms with Gasteiger partial charge in [-0.15, -0.1) is 0 Å². The van der Waals surface area contributed by atoms with Gasteiger partial charge in [-0.2, -0.15) is 0 Å². The molecule has 0 spiro atoms. The zero-order valence-corrected chi connectivity index (χ0v) is 12.8. The minimum absolute atomic E-state index is 0.0755. The molecule has 1 fully saturated rings. The topological polar surface area (TPSA) is 55.0 Å². The smallest absolute Gasteiger partial charge is 0.138 e. The lowest BCUT2D eigenvalue weighted by Crippen LogP contribution is -2.31. The molecule has 1 aliphatic carbocycles. The van der Waals surface area contributed by atoms with Gasteiger partial charge in [-0.25, -0.2) is 9.97 Å². The fourth-order valence-corrected chi connectivity index (χ4v) is 2.38. The quantitative estimate of drug-likeness (QED) is 0.910. The van der Waals surface area contributed by atoms with Crippen LogP contribution in [0.4, 0.5) is 11.6 Å². The number of hydrogen-bond acceptors (Lipinski definition) is 4. The second kappa shape index (κ2) is 4.99. The summed E-state index contributed by atoms with van der Waals surface area (Å²) in [5.74, 6) is 3.24. The predicted octanol–water partition coefficient (Wildman–Crippen LogP) is 2.90. The second-order valence-corrected chi connectivity index (χ2v) is 6.81. The molecule has 1 aromatic heterocycles. The number of anilines is 2. The molecule has 0 aromatic carbocycles. The van der Waals surface area contributed by atoms with Crippen LogP contribution in [0.25, 0.3) is 0 Å². The van der Waals surface area contributed by atoms with Gasteiger partial charge >= 0.3 is 0 Å². The molecular formula is C15H26N4. The minimum Gasteiger partial charge on any atom is -0.383 e. The van der Waals surface area contributed by atoms with Gasteiger partial charge < -0.3 is 10.6 Å². The third-order valence-corrected chi connectivity index (χ3v) is 3.95. The summed E-state index contributed by atoms with van der Waals surface area (Å²) in [6.45, 7) is 9.43. The molecule has 4 heteroatoms. The Kier molecular flexibility index (Phi) is 3.70. The molecule has 2 rings (SSSR count). The Bertz CT molecular complexity index is 458. The van der Waals surface area contributed by atoms with E-state index < -0.39 is 0 Å². The Hall–Kier alpha value is -1.32. The first-order valence-electron chi connectivity index (χ1n) is 7.14. The van der Waals surface area contributed by atoms with E-state index in [-0.39, 0.29) is 5.41 Å². The van der Waals surface area contributed by atoms with Gasteiger partial charge in [0.25, 0.3) is 0 Å². The molecule has 0 saturated heterocycles. The van der Waals surface area contributed by atoms with Crippen LogP contribution >= 0.6 is 0 Å². The Morgan fingerprint density at radius 3 is 2.37 bits per heavy atom. The fraction of sp³-hybridized carbons (Fsp3) is 0.733. The monoisotopic (exact) mass is 262 g/mol. The SMILES string of the molecule is Cc1c(N)nc(C(C)(C)C)nc1N(C)CC1CCC1. The van der Waals surface area contributed by atoms with E-state index in [1.165, 1.54) is 19.3 Å². The molecule has 1 aromatic rings. The van der Waals surface area contributed by atoms with E-state index in [1.54, 1.807) is 0 Å². The van der Waals surface area contributed by atoms with Gasteiger partial charge in [-0.05, 0) is 25.7 Å². The third kappa shape index (κ3) is 2.99. The zero-order chi connectivity index (χ0) is 14.2. The van der Waals surface area contributed by atoms with E-state index in [1.807, 2.05) is 6.92 Å². The first-order valence-corrected chi connectivity index (χ1v) is 7.14. The summed E-state index contributed by atoms with van der Waals surface area (Å²) in [6.07, 6.45) is 4.06. The van der Waals surface area contributed by atoms with E-state index >= 15 is 0 Å². The van der Waals surface area contributed by atoms with Gasteiger partial charge in [0, 0.05) is 24.6 Å². The molecule has 0 amide bonds. The van der Waals surface area contributed by atoms with Crippen molar-refractivity contribution in [2.24, 2.45) is 5.92 Å². The molecule has 19 heavy (non-hydrogen) atoms. The van der Waals surface area contributed by atoms with E-state index in [4.69, 9.17) is 10.7 Å². The summed E-state index contributed by atoms with van der Waals surface area (Å²) in [6, 6.07) is 0. The average Bonchev–Trinajstić information content (AvgIpc) is 2.25. The predicted molar refractivity (Wildman–Crippen MR) is 80.5 cm³/mol. The lowest BCUT2D eigenvalue weighted by Gasteiger charge is -2.32. The number of nitrogens with zero attached hydrogens (tertiary/aromatic N) is 3. The molecule has 1 saturated carbocycles. The van der Waals surface area contributed by atoms with Crippen LogP contribution in [0.15, 0.2) is 0 Å². The Morgan fingerprint density at radius 2 is 1.89 bits per heavy atom. The maximum atomic E-state index is 6.06. The summed E-state index contributed by atoms with van der Waals surface area (Å²) in [4.78, 5) is 11.4. The van der Waals surface area contributed by atoms with Crippen molar-refractivity contribution >= 4 is 11.6 Å². The molecule has 0 radical (unpaired) electrons. The van der Waals surface area contributed by atoms with Crippen molar-refractivity contribution in [3.8, 4) is 0 Å². The highest BCUT2D eigenvalue weighted by atomic mass is 15.2. The van der Waals surface area contributed by atoms with Crippen molar-refractivity contribution in [1.29, 1.82) is 0 Å². The summed E-state index contributed by atoms with van der Waals surface area (Å²) in [5, 5.41) is 0. The van der Waals surface area contributed by atoms with Gasteiger partial charge in [0.05, 0.1) is 0 Å². The highest BCUT2D eigenvalue weighted by Gasteiger charge is 2.24. The van der Waals surface area contributed by atoms with Crippen LogP contribution in [0.5, 0.6) is 0 Å². The van der Waals surface area contributed by atoms with Crippen LogP contribution in [0.1, 0.15) is 51.4 Å². The van der Waals surface area contributed by atoms with E-state index in [2.05, 4.69) is 37.7 Å². The highest BCUT2D eigenvalue weighted by Crippen LogP contribution is 2.31. The zero-order valence-electron chi connectivity index (χ0n) is 12.8. The van der Waals surface area contributed by atoms with Crippen LogP contribution < -0.4 is 10.6 Å². The van der Waals surface area contributed by atoms with Gasteiger partial charge in [-0.3, -0.25) is 0 Å².